The van der Waals surface area contributed by atoms with Crippen molar-refractivity contribution in [3.63, 3.8) is 0 Å². The molecule has 7 nitrogen and oxygen atoms in total. The van der Waals surface area contributed by atoms with Crippen LogP contribution in [0.2, 0.25) is 0 Å². The molecule has 30 heavy (non-hydrogen) atoms. The van der Waals surface area contributed by atoms with Crippen LogP contribution in [0.5, 0.6) is 0 Å². The minimum absolute atomic E-state index is 0.202. The van der Waals surface area contributed by atoms with E-state index in [2.05, 4.69) is 30.9 Å². The van der Waals surface area contributed by atoms with Gasteiger partial charge < -0.3 is 9.64 Å². The van der Waals surface area contributed by atoms with Crippen LogP contribution in [0.4, 0.5) is 19.0 Å². The minimum atomic E-state index is -4.45. The van der Waals surface area contributed by atoms with Crippen LogP contribution in [0.3, 0.4) is 0 Å². The molecule has 0 spiro atoms. The molecule has 10 heteroatoms. The maximum Gasteiger partial charge on any atom is 0.433 e. The molecule has 0 unspecified atom stereocenters. The van der Waals surface area contributed by atoms with Gasteiger partial charge in [-0.15, -0.1) is 0 Å². The van der Waals surface area contributed by atoms with Crippen molar-refractivity contribution in [2.24, 2.45) is 0 Å². The number of ether oxygens (including phenoxy) is 1. The second-order valence-electron chi connectivity index (χ2n) is 8.31. The summed E-state index contributed by atoms with van der Waals surface area (Å²) < 4.78 is 46.8. The van der Waals surface area contributed by atoms with Crippen LogP contribution in [0.25, 0.3) is 0 Å². The number of nitrogens with zero attached hydrogens (tertiary/aromatic N) is 6. The van der Waals surface area contributed by atoms with Crippen LogP contribution in [-0.4, -0.2) is 56.4 Å². The van der Waals surface area contributed by atoms with Crippen molar-refractivity contribution in [3.05, 3.63) is 35.5 Å². The Labute approximate surface area is 172 Å². The monoisotopic (exact) mass is 422 g/mol. The van der Waals surface area contributed by atoms with Gasteiger partial charge in [0.1, 0.15) is 17.8 Å². The molecule has 2 fully saturated rings. The number of likely N-dealkylation sites (tertiary alicyclic amines) is 1. The van der Waals surface area contributed by atoms with Gasteiger partial charge in [0.15, 0.2) is 0 Å². The van der Waals surface area contributed by atoms with E-state index in [0.29, 0.717) is 19.0 Å². The highest BCUT2D eigenvalue weighted by atomic mass is 19.4. The highest BCUT2D eigenvalue weighted by Crippen LogP contribution is 2.37. The Morgan fingerprint density at radius 2 is 1.80 bits per heavy atom. The lowest BCUT2D eigenvalue weighted by Crippen LogP contribution is -2.46. The molecule has 0 aromatic carbocycles. The lowest BCUT2D eigenvalue weighted by molar-refractivity contribution is -0.141. The molecular weight excluding hydrogens is 397 g/mol. The number of halogens is 3. The van der Waals surface area contributed by atoms with Gasteiger partial charge in [-0.25, -0.2) is 9.97 Å². The van der Waals surface area contributed by atoms with Crippen LogP contribution in [0, 0.1) is 0 Å². The third-order valence-electron chi connectivity index (χ3n) is 6.10. The molecule has 1 saturated carbocycles. The SMILES string of the molecule is FC(F)(F)c1cc(N(C2CC2)C2CCN(Cc3cc4n(n3)CCOC4)CC2)ncn1. The second-order valence-corrected chi connectivity index (χ2v) is 8.31. The first-order chi connectivity index (χ1) is 14.5. The molecular formula is C20H25F3N6O. The van der Waals surface area contributed by atoms with E-state index in [9.17, 15) is 13.2 Å². The fourth-order valence-electron chi connectivity index (χ4n) is 4.48. The van der Waals surface area contributed by atoms with E-state index < -0.39 is 11.9 Å². The van der Waals surface area contributed by atoms with Gasteiger partial charge in [-0.3, -0.25) is 9.58 Å². The zero-order valence-electron chi connectivity index (χ0n) is 16.7. The number of piperidine rings is 1. The quantitative estimate of drug-likeness (QED) is 0.739. The van der Waals surface area contributed by atoms with Crippen LogP contribution in [0.1, 0.15) is 42.8 Å². The van der Waals surface area contributed by atoms with Crippen LogP contribution in [0.15, 0.2) is 18.5 Å². The Kier molecular flexibility index (Phi) is 5.14. The maximum atomic E-state index is 13.1. The minimum Gasteiger partial charge on any atom is -0.373 e. The number of aromatic nitrogens is 4. The van der Waals surface area contributed by atoms with Crippen molar-refractivity contribution in [1.82, 2.24) is 24.6 Å². The predicted octanol–water partition coefficient (Wildman–Crippen LogP) is 2.86. The smallest absolute Gasteiger partial charge is 0.373 e. The highest BCUT2D eigenvalue weighted by Gasteiger charge is 2.39. The van der Waals surface area contributed by atoms with Gasteiger partial charge in [0.2, 0.25) is 0 Å². The Bertz CT molecular complexity index is 865. The molecule has 1 aliphatic carbocycles. The van der Waals surface area contributed by atoms with Gasteiger partial charge in [-0.05, 0) is 31.7 Å². The number of fused-ring (bicyclic) bond motifs is 1. The van der Waals surface area contributed by atoms with Gasteiger partial charge >= 0.3 is 6.18 Å². The highest BCUT2D eigenvalue weighted by molar-refractivity contribution is 5.44. The summed E-state index contributed by atoms with van der Waals surface area (Å²) in [4.78, 5) is 12.1. The molecule has 1 saturated heterocycles. The number of alkyl halides is 3. The summed E-state index contributed by atoms with van der Waals surface area (Å²) in [7, 11) is 0. The normalized spacial score (nSPS) is 20.9. The Balaban J connectivity index is 1.24. The van der Waals surface area contributed by atoms with E-state index in [1.807, 2.05) is 4.68 Å². The first kappa shape index (κ1) is 19.7. The number of anilines is 1. The summed E-state index contributed by atoms with van der Waals surface area (Å²) in [5.41, 5.74) is 1.30. The van der Waals surface area contributed by atoms with Crippen molar-refractivity contribution in [2.75, 3.05) is 24.6 Å². The average molecular weight is 422 g/mol. The third kappa shape index (κ3) is 4.15. The van der Waals surface area contributed by atoms with Crippen molar-refractivity contribution >= 4 is 5.82 Å². The predicted molar refractivity (Wildman–Crippen MR) is 103 cm³/mol. The molecule has 0 atom stereocenters. The number of hydrogen-bond donors (Lipinski definition) is 0. The molecule has 0 bridgehead atoms. The average Bonchev–Trinajstić information content (AvgIpc) is 3.47. The van der Waals surface area contributed by atoms with Crippen LogP contribution >= 0.6 is 0 Å². The molecule has 0 amide bonds. The first-order valence-corrected chi connectivity index (χ1v) is 10.5. The van der Waals surface area contributed by atoms with E-state index in [1.54, 1.807) is 0 Å². The van der Waals surface area contributed by atoms with Crippen molar-refractivity contribution in [1.29, 1.82) is 0 Å². The summed E-state index contributed by atoms with van der Waals surface area (Å²) in [6, 6.07) is 3.70. The van der Waals surface area contributed by atoms with Crippen LogP contribution in [-0.2, 0) is 30.6 Å². The topological polar surface area (TPSA) is 59.3 Å². The van der Waals surface area contributed by atoms with Crippen molar-refractivity contribution in [2.45, 2.75) is 63.6 Å². The van der Waals surface area contributed by atoms with Gasteiger partial charge in [-0.2, -0.15) is 18.3 Å². The maximum absolute atomic E-state index is 13.1. The van der Waals surface area contributed by atoms with Gasteiger partial charge in [0, 0.05) is 37.8 Å². The Morgan fingerprint density at radius 1 is 1.03 bits per heavy atom. The summed E-state index contributed by atoms with van der Waals surface area (Å²) >= 11 is 0. The van der Waals surface area contributed by atoms with E-state index >= 15 is 0 Å². The van der Waals surface area contributed by atoms with Gasteiger partial charge in [-0.1, -0.05) is 0 Å². The standard InChI is InChI=1S/C20H25F3N6O/c21-20(22,23)18-10-19(25-13-24-18)29(15-1-2-15)16-3-5-27(6-4-16)11-14-9-17-12-30-8-7-28(17)26-14/h9-10,13,15-16H,1-8,11-12H2. The first-order valence-electron chi connectivity index (χ1n) is 10.5. The Hall–Kier alpha value is -2.20. The molecule has 2 aliphatic heterocycles. The zero-order chi connectivity index (χ0) is 20.7. The number of rotatable bonds is 5. The molecule has 4 heterocycles. The summed E-state index contributed by atoms with van der Waals surface area (Å²) in [5.74, 6) is 0.403. The Morgan fingerprint density at radius 3 is 2.50 bits per heavy atom. The summed E-state index contributed by atoms with van der Waals surface area (Å²) in [6.07, 6.45) is 0.399. The van der Waals surface area contributed by atoms with E-state index in [4.69, 9.17) is 4.74 Å². The fraction of sp³-hybridized carbons (Fsp3) is 0.650. The molecule has 2 aromatic rings. The second kappa shape index (κ2) is 7.81. The summed E-state index contributed by atoms with van der Waals surface area (Å²) in [5, 5.41) is 4.68. The van der Waals surface area contributed by atoms with Gasteiger partial charge in [0.05, 0.1) is 31.1 Å². The van der Waals surface area contributed by atoms with Gasteiger partial charge in [0.25, 0.3) is 0 Å². The van der Waals surface area contributed by atoms with Crippen molar-refractivity contribution in [3.8, 4) is 0 Å². The lowest BCUT2D eigenvalue weighted by atomic mass is 10.0. The van der Waals surface area contributed by atoms with E-state index in [-0.39, 0.29) is 12.1 Å². The summed E-state index contributed by atoms with van der Waals surface area (Å²) in [6.45, 7) is 4.70. The third-order valence-corrected chi connectivity index (χ3v) is 6.10. The van der Waals surface area contributed by atoms with E-state index in [0.717, 1.165) is 75.6 Å². The van der Waals surface area contributed by atoms with Crippen LogP contribution < -0.4 is 4.90 Å². The molecule has 2 aromatic heterocycles. The zero-order valence-corrected chi connectivity index (χ0v) is 16.7. The molecule has 162 valence electrons. The molecule has 0 N–H and O–H groups in total. The molecule has 3 aliphatic rings. The fourth-order valence-corrected chi connectivity index (χ4v) is 4.48. The lowest BCUT2D eigenvalue weighted by Gasteiger charge is -2.39. The molecule has 5 rings (SSSR count). The van der Waals surface area contributed by atoms with E-state index in [1.165, 1.54) is 0 Å². The number of hydrogen-bond acceptors (Lipinski definition) is 6. The largest absolute Gasteiger partial charge is 0.433 e. The van der Waals surface area contributed by atoms with Crippen molar-refractivity contribution < 1.29 is 17.9 Å². The molecule has 0 radical (unpaired) electrons.